The van der Waals surface area contributed by atoms with Crippen LogP contribution >= 0.6 is 23.4 Å². The molecule has 0 aromatic heterocycles. The van der Waals surface area contributed by atoms with Crippen molar-refractivity contribution in [3.05, 3.63) is 39.8 Å². The molecule has 3 amide bonds. The summed E-state index contributed by atoms with van der Waals surface area (Å²) in [5.74, 6) is -0.859. The summed E-state index contributed by atoms with van der Waals surface area (Å²) in [7, 11) is -3.08. The molecule has 3 rings (SSSR count). The Kier molecular flexibility index (Phi) is 5.92. The van der Waals surface area contributed by atoms with Gasteiger partial charge in [0.15, 0.2) is 9.84 Å². The molecule has 7 nitrogen and oxygen atoms in total. The van der Waals surface area contributed by atoms with Gasteiger partial charge in [-0.2, -0.15) is 0 Å². The largest absolute Gasteiger partial charge is 0.352 e. The Balaban J connectivity index is 1.58. The van der Waals surface area contributed by atoms with E-state index in [2.05, 4.69) is 5.32 Å². The monoisotopic (exact) mass is 428 g/mol. The van der Waals surface area contributed by atoms with Crippen molar-refractivity contribution in [2.75, 3.05) is 18.1 Å². The molecule has 10 heteroatoms. The fraction of sp³-hybridized carbons (Fsp3) is 0.353. The number of sulfone groups is 1. The Hall–Kier alpha value is -1.84. The van der Waals surface area contributed by atoms with E-state index in [1.54, 1.807) is 30.3 Å². The van der Waals surface area contributed by atoms with Gasteiger partial charge in [0, 0.05) is 24.0 Å². The molecule has 0 unspecified atom stereocenters. The third-order valence-electron chi connectivity index (χ3n) is 4.23. The van der Waals surface area contributed by atoms with E-state index in [1.165, 1.54) is 0 Å². The molecule has 2 fully saturated rings. The lowest BCUT2D eigenvalue weighted by Gasteiger charge is -2.14. The van der Waals surface area contributed by atoms with Crippen LogP contribution in [-0.2, 0) is 19.4 Å². The molecule has 1 N–H and O–H groups in total. The predicted molar refractivity (Wildman–Crippen MR) is 104 cm³/mol. The highest BCUT2D eigenvalue weighted by molar-refractivity contribution is 8.18. The number of nitrogens with zero attached hydrogens (tertiary/aromatic N) is 1. The van der Waals surface area contributed by atoms with Gasteiger partial charge >= 0.3 is 0 Å². The molecule has 0 saturated carbocycles. The number of imide groups is 1. The van der Waals surface area contributed by atoms with Crippen molar-refractivity contribution in [2.24, 2.45) is 0 Å². The molecule has 2 heterocycles. The van der Waals surface area contributed by atoms with Crippen molar-refractivity contribution < 1.29 is 22.8 Å². The summed E-state index contributed by atoms with van der Waals surface area (Å²) in [5, 5.41) is 2.66. The summed E-state index contributed by atoms with van der Waals surface area (Å²) in [5.41, 5.74) is 0.629. The number of benzene rings is 1. The zero-order chi connectivity index (χ0) is 19.6. The van der Waals surface area contributed by atoms with Gasteiger partial charge < -0.3 is 5.32 Å². The molecule has 0 spiro atoms. The van der Waals surface area contributed by atoms with E-state index in [0.717, 1.165) is 16.7 Å². The normalized spacial score (nSPS) is 23.2. The van der Waals surface area contributed by atoms with Gasteiger partial charge in [0.25, 0.3) is 11.1 Å². The summed E-state index contributed by atoms with van der Waals surface area (Å²) >= 11 is 6.87. The second kappa shape index (κ2) is 8.04. The highest BCUT2D eigenvalue weighted by Gasteiger charge is 2.35. The van der Waals surface area contributed by atoms with Crippen LogP contribution in [0.4, 0.5) is 4.79 Å². The SMILES string of the molecule is O=C(CCN1C(=O)S/C(=C\c2ccccc2Cl)C1=O)N[C@H]1CCS(=O)(=O)C1. The average molecular weight is 429 g/mol. The van der Waals surface area contributed by atoms with Gasteiger partial charge in [-0.1, -0.05) is 29.8 Å². The molecule has 1 aromatic rings. The number of carbonyl (C=O) groups excluding carboxylic acids is 3. The van der Waals surface area contributed by atoms with E-state index in [-0.39, 0.29) is 35.3 Å². The average Bonchev–Trinajstić information content (AvgIpc) is 3.07. The van der Waals surface area contributed by atoms with E-state index in [0.29, 0.717) is 17.0 Å². The Bertz CT molecular complexity index is 929. The summed E-state index contributed by atoms with van der Waals surface area (Å²) < 4.78 is 22.8. The number of rotatable bonds is 5. The van der Waals surface area contributed by atoms with E-state index >= 15 is 0 Å². The van der Waals surface area contributed by atoms with E-state index < -0.39 is 27.0 Å². The standard InChI is InChI=1S/C17H17ClN2O5S2/c18-13-4-2-1-3-11(13)9-14-16(22)20(17(23)26-14)7-5-15(21)19-12-6-8-27(24,25)10-12/h1-4,9,12H,5-8,10H2,(H,19,21)/b14-9-/t12-/m0/s1. The van der Waals surface area contributed by atoms with Crippen molar-refractivity contribution in [1.82, 2.24) is 10.2 Å². The van der Waals surface area contributed by atoms with Crippen LogP contribution in [0.25, 0.3) is 6.08 Å². The van der Waals surface area contributed by atoms with Crippen molar-refractivity contribution in [1.29, 1.82) is 0 Å². The van der Waals surface area contributed by atoms with Crippen LogP contribution in [0, 0.1) is 0 Å². The van der Waals surface area contributed by atoms with E-state index in [1.807, 2.05) is 0 Å². The third-order valence-corrected chi connectivity index (χ3v) is 7.24. The van der Waals surface area contributed by atoms with Gasteiger partial charge in [-0.15, -0.1) is 0 Å². The molecular weight excluding hydrogens is 412 g/mol. The maximum atomic E-state index is 12.4. The van der Waals surface area contributed by atoms with Crippen LogP contribution in [0.5, 0.6) is 0 Å². The Morgan fingerprint density at radius 1 is 1.33 bits per heavy atom. The number of halogens is 1. The molecule has 0 aliphatic carbocycles. The van der Waals surface area contributed by atoms with Crippen LogP contribution in [0.2, 0.25) is 5.02 Å². The minimum atomic E-state index is -3.08. The second-order valence-electron chi connectivity index (χ2n) is 6.27. The molecule has 1 atom stereocenters. The first-order valence-corrected chi connectivity index (χ1v) is 11.3. The van der Waals surface area contributed by atoms with Gasteiger partial charge in [-0.05, 0) is 35.9 Å². The zero-order valence-corrected chi connectivity index (χ0v) is 16.6. The quantitative estimate of drug-likeness (QED) is 0.720. The fourth-order valence-electron chi connectivity index (χ4n) is 2.85. The highest BCUT2D eigenvalue weighted by Crippen LogP contribution is 2.33. The van der Waals surface area contributed by atoms with Gasteiger partial charge in [0.1, 0.15) is 0 Å². The molecule has 27 heavy (non-hydrogen) atoms. The van der Waals surface area contributed by atoms with Crippen LogP contribution in [0.3, 0.4) is 0 Å². The summed E-state index contributed by atoms with van der Waals surface area (Å²) in [6, 6.07) is 6.55. The minimum absolute atomic E-state index is 0.0597. The molecule has 0 bridgehead atoms. The lowest BCUT2D eigenvalue weighted by atomic mass is 10.2. The lowest BCUT2D eigenvalue weighted by molar-refractivity contribution is -0.124. The Morgan fingerprint density at radius 2 is 2.07 bits per heavy atom. The maximum absolute atomic E-state index is 12.4. The van der Waals surface area contributed by atoms with Gasteiger partial charge in [0.05, 0.1) is 16.4 Å². The number of nitrogens with one attached hydrogen (secondary N) is 1. The zero-order valence-electron chi connectivity index (χ0n) is 14.2. The first kappa shape index (κ1) is 19.9. The van der Waals surface area contributed by atoms with Crippen molar-refractivity contribution in [2.45, 2.75) is 18.9 Å². The second-order valence-corrected chi connectivity index (χ2v) is 9.90. The summed E-state index contributed by atoms with van der Waals surface area (Å²) in [6.45, 7) is -0.0597. The first-order valence-electron chi connectivity index (χ1n) is 8.25. The van der Waals surface area contributed by atoms with Crippen LogP contribution in [0.1, 0.15) is 18.4 Å². The lowest BCUT2D eigenvalue weighted by Crippen LogP contribution is -2.38. The van der Waals surface area contributed by atoms with Crippen molar-refractivity contribution in [3.8, 4) is 0 Å². The fourth-order valence-corrected chi connectivity index (χ4v) is 5.57. The molecular formula is C17H17ClN2O5S2. The first-order chi connectivity index (χ1) is 12.7. The van der Waals surface area contributed by atoms with Crippen LogP contribution in [0.15, 0.2) is 29.2 Å². The van der Waals surface area contributed by atoms with Gasteiger partial charge in [-0.25, -0.2) is 8.42 Å². The van der Waals surface area contributed by atoms with Gasteiger partial charge in [-0.3, -0.25) is 19.3 Å². The Morgan fingerprint density at radius 3 is 2.74 bits per heavy atom. The Labute approximate surface area is 166 Å². The number of thioether (sulfide) groups is 1. The van der Waals surface area contributed by atoms with Gasteiger partial charge in [0.2, 0.25) is 5.91 Å². The summed E-state index contributed by atoms with van der Waals surface area (Å²) in [4.78, 5) is 37.8. The third kappa shape index (κ3) is 4.91. The minimum Gasteiger partial charge on any atom is -0.352 e. The molecule has 0 radical (unpaired) electrons. The van der Waals surface area contributed by atoms with Crippen molar-refractivity contribution >= 4 is 56.3 Å². The molecule has 1 aromatic carbocycles. The summed E-state index contributed by atoms with van der Waals surface area (Å²) in [6.07, 6.45) is 1.86. The maximum Gasteiger partial charge on any atom is 0.293 e. The number of carbonyl (C=O) groups is 3. The van der Waals surface area contributed by atoms with E-state index in [4.69, 9.17) is 11.6 Å². The van der Waals surface area contributed by atoms with Crippen molar-refractivity contribution in [3.63, 3.8) is 0 Å². The number of hydrogen-bond acceptors (Lipinski definition) is 6. The predicted octanol–water partition coefficient (Wildman–Crippen LogP) is 2.07. The van der Waals surface area contributed by atoms with Crippen LogP contribution < -0.4 is 5.32 Å². The van der Waals surface area contributed by atoms with Crippen LogP contribution in [-0.4, -0.2) is 54.5 Å². The number of amides is 3. The molecule has 2 aliphatic heterocycles. The number of hydrogen-bond donors (Lipinski definition) is 1. The van der Waals surface area contributed by atoms with E-state index in [9.17, 15) is 22.8 Å². The molecule has 2 aliphatic rings. The molecule has 144 valence electrons. The smallest absolute Gasteiger partial charge is 0.293 e. The highest BCUT2D eigenvalue weighted by atomic mass is 35.5. The molecule has 2 saturated heterocycles. The topological polar surface area (TPSA) is 101 Å².